The number of rotatable bonds is 6. The summed E-state index contributed by atoms with van der Waals surface area (Å²) in [4.78, 5) is 19.3. The Labute approximate surface area is 166 Å². The van der Waals surface area contributed by atoms with Crippen LogP contribution in [0, 0.1) is 6.92 Å². The summed E-state index contributed by atoms with van der Waals surface area (Å²) in [5.74, 6) is 0.0678. The molecule has 1 N–H and O–H groups in total. The molecule has 0 fully saturated rings. The highest BCUT2D eigenvalue weighted by Gasteiger charge is 2.11. The highest BCUT2D eigenvalue weighted by molar-refractivity contribution is 7.16. The van der Waals surface area contributed by atoms with Gasteiger partial charge in [-0.15, -0.1) is 22.7 Å². The van der Waals surface area contributed by atoms with Crippen molar-refractivity contribution < 1.29 is 4.79 Å². The molecule has 27 heavy (non-hydrogen) atoms. The predicted octanol–water partition coefficient (Wildman–Crippen LogP) is 4.57. The normalized spacial score (nSPS) is 11.2. The van der Waals surface area contributed by atoms with Gasteiger partial charge in [0.2, 0.25) is 5.91 Å². The fraction of sp³-hybridized carbons (Fsp3) is 0.238. The van der Waals surface area contributed by atoms with Crippen molar-refractivity contribution in [1.82, 2.24) is 14.9 Å². The third kappa shape index (κ3) is 3.96. The molecule has 3 aromatic heterocycles. The minimum Gasteiger partial charge on any atom is -0.355 e. The number of para-hydroxylation sites is 1. The number of amides is 1. The summed E-state index contributed by atoms with van der Waals surface area (Å²) < 4.78 is 2.07. The maximum atomic E-state index is 12.4. The molecule has 0 spiro atoms. The van der Waals surface area contributed by atoms with E-state index < -0.39 is 0 Å². The summed E-state index contributed by atoms with van der Waals surface area (Å²) in [7, 11) is 2.02. The lowest BCUT2D eigenvalue weighted by Gasteiger charge is -2.04. The lowest BCUT2D eigenvalue weighted by molar-refractivity contribution is -0.120. The first-order valence-corrected chi connectivity index (χ1v) is 10.6. The number of carbonyl (C=O) groups is 1. The van der Waals surface area contributed by atoms with Crippen LogP contribution in [-0.4, -0.2) is 22.0 Å². The number of fused-ring (bicyclic) bond motifs is 1. The second-order valence-electron chi connectivity index (χ2n) is 6.58. The Morgan fingerprint density at radius 2 is 2.07 bits per heavy atom. The van der Waals surface area contributed by atoms with Crippen molar-refractivity contribution in [2.24, 2.45) is 7.05 Å². The smallest absolute Gasteiger partial charge is 0.224 e. The van der Waals surface area contributed by atoms with Gasteiger partial charge in [-0.3, -0.25) is 4.79 Å². The first kappa shape index (κ1) is 17.9. The molecule has 1 amide bonds. The molecule has 0 saturated heterocycles. The fourth-order valence-electron chi connectivity index (χ4n) is 3.25. The number of carbonyl (C=O) groups excluding carboxylic acids is 1. The van der Waals surface area contributed by atoms with Crippen LogP contribution < -0.4 is 5.32 Å². The van der Waals surface area contributed by atoms with Crippen LogP contribution in [-0.2, 0) is 24.7 Å². The average Bonchev–Trinajstić information content (AvgIpc) is 3.36. The van der Waals surface area contributed by atoms with E-state index in [0.29, 0.717) is 13.0 Å². The number of thiazole rings is 1. The van der Waals surface area contributed by atoms with Gasteiger partial charge in [-0.25, -0.2) is 4.98 Å². The van der Waals surface area contributed by atoms with Crippen molar-refractivity contribution in [2.75, 3.05) is 6.54 Å². The lowest BCUT2D eigenvalue weighted by Crippen LogP contribution is -2.27. The lowest BCUT2D eigenvalue weighted by atomic mass is 10.1. The topological polar surface area (TPSA) is 46.9 Å². The maximum absolute atomic E-state index is 12.4. The second-order valence-corrected chi connectivity index (χ2v) is 8.81. The zero-order chi connectivity index (χ0) is 18.8. The van der Waals surface area contributed by atoms with Crippen molar-refractivity contribution in [3.05, 3.63) is 63.4 Å². The SMILES string of the molecule is Cc1nc(-c2ccc(CCNC(=O)Cc3cn(C)c4ccccc34)s2)cs1. The van der Waals surface area contributed by atoms with Crippen LogP contribution >= 0.6 is 22.7 Å². The predicted molar refractivity (Wildman–Crippen MR) is 114 cm³/mol. The molecular weight excluding hydrogens is 374 g/mol. The van der Waals surface area contributed by atoms with Gasteiger partial charge in [-0.1, -0.05) is 18.2 Å². The molecular formula is C21H21N3OS2. The number of nitrogens with one attached hydrogen (secondary N) is 1. The van der Waals surface area contributed by atoms with Crippen LogP contribution in [0.15, 0.2) is 48.0 Å². The molecule has 4 rings (SSSR count). The first-order chi connectivity index (χ1) is 13.1. The number of aromatic nitrogens is 2. The van der Waals surface area contributed by atoms with Crippen LogP contribution in [0.25, 0.3) is 21.5 Å². The molecule has 0 saturated carbocycles. The molecule has 0 aliphatic rings. The molecule has 1 aromatic carbocycles. The van der Waals surface area contributed by atoms with Gasteiger partial charge in [-0.2, -0.15) is 0 Å². The summed E-state index contributed by atoms with van der Waals surface area (Å²) in [5, 5.41) is 7.38. The van der Waals surface area contributed by atoms with Gasteiger partial charge < -0.3 is 9.88 Å². The Morgan fingerprint density at radius 1 is 1.22 bits per heavy atom. The third-order valence-corrected chi connectivity index (χ3v) is 6.50. The van der Waals surface area contributed by atoms with Gasteiger partial charge in [0.05, 0.1) is 22.0 Å². The molecule has 4 aromatic rings. The van der Waals surface area contributed by atoms with E-state index in [2.05, 4.69) is 44.5 Å². The summed E-state index contributed by atoms with van der Waals surface area (Å²) >= 11 is 3.42. The van der Waals surface area contributed by atoms with Gasteiger partial charge in [0, 0.05) is 40.9 Å². The number of nitrogens with zero attached hydrogens (tertiary/aromatic N) is 2. The van der Waals surface area contributed by atoms with E-state index in [9.17, 15) is 4.79 Å². The molecule has 138 valence electrons. The molecule has 0 radical (unpaired) electrons. The molecule has 0 aliphatic heterocycles. The largest absolute Gasteiger partial charge is 0.355 e. The molecule has 0 bridgehead atoms. The number of benzene rings is 1. The molecule has 3 heterocycles. The number of aryl methyl sites for hydroxylation is 2. The van der Waals surface area contributed by atoms with Crippen molar-refractivity contribution in [1.29, 1.82) is 0 Å². The number of hydrogen-bond donors (Lipinski definition) is 1. The van der Waals surface area contributed by atoms with Crippen LogP contribution in [0.2, 0.25) is 0 Å². The van der Waals surface area contributed by atoms with Crippen molar-refractivity contribution in [3.63, 3.8) is 0 Å². The Kier molecular flexibility index (Phi) is 5.09. The zero-order valence-electron chi connectivity index (χ0n) is 15.4. The maximum Gasteiger partial charge on any atom is 0.224 e. The van der Waals surface area contributed by atoms with E-state index in [1.165, 1.54) is 9.75 Å². The van der Waals surface area contributed by atoms with Crippen LogP contribution in [0.4, 0.5) is 0 Å². The summed E-state index contributed by atoms with van der Waals surface area (Å²) in [5.41, 5.74) is 3.28. The van der Waals surface area contributed by atoms with E-state index in [0.717, 1.165) is 33.6 Å². The van der Waals surface area contributed by atoms with Crippen LogP contribution in [0.5, 0.6) is 0 Å². The van der Waals surface area contributed by atoms with E-state index in [1.54, 1.807) is 22.7 Å². The quantitative estimate of drug-likeness (QED) is 0.520. The Bertz CT molecular complexity index is 1090. The highest BCUT2D eigenvalue weighted by atomic mass is 32.1. The summed E-state index contributed by atoms with van der Waals surface area (Å²) in [6.07, 6.45) is 3.30. The van der Waals surface area contributed by atoms with E-state index in [1.807, 2.05) is 32.3 Å². The second kappa shape index (κ2) is 7.66. The molecule has 0 aliphatic carbocycles. The standard InChI is InChI=1S/C21H21N3OS2/c1-14-23-18(13-26-14)20-8-7-16(27-20)9-10-22-21(25)11-15-12-24(2)19-6-4-3-5-17(15)19/h3-8,12-13H,9-11H2,1-2H3,(H,22,25). The van der Waals surface area contributed by atoms with Gasteiger partial charge in [0.15, 0.2) is 0 Å². The van der Waals surface area contributed by atoms with Crippen molar-refractivity contribution in [2.45, 2.75) is 19.8 Å². The molecule has 0 unspecified atom stereocenters. The Balaban J connectivity index is 1.33. The molecule has 6 heteroatoms. The molecule has 4 nitrogen and oxygen atoms in total. The van der Waals surface area contributed by atoms with Crippen LogP contribution in [0.1, 0.15) is 15.4 Å². The van der Waals surface area contributed by atoms with Gasteiger partial charge >= 0.3 is 0 Å². The summed E-state index contributed by atoms with van der Waals surface area (Å²) in [6.45, 7) is 2.67. The minimum absolute atomic E-state index is 0.0678. The third-order valence-electron chi connectivity index (χ3n) is 4.56. The van der Waals surface area contributed by atoms with Crippen LogP contribution in [0.3, 0.4) is 0 Å². The Hall–Kier alpha value is -2.44. The average molecular weight is 396 g/mol. The van der Waals surface area contributed by atoms with Gasteiger partial charge in [-0.05, 0) is 37.1 Å². The minimum atomic E-state index is 0.0678. The first-order valence-electron chi connectivity index (χ1n) is 8.91. The highest BCUT2D eigenvalue weighted by Crippen LogP contribution is 2.29. The van der Waals surface area contributed by atoms with E-state index in [4.69, 9.17) is 0 Å². The van der Waals surface area contributed by atoms with Crippen molar-refractivity contribution >= 4 is 39.5 Å². The van der Waals surface area contributed by atoms with Crippen molar-refractivity contribution in [3.8, 4) is 10.6 Å². The monoisotopic (exact) mass is 395 g/mol. The fourth-order valence-corrected chi connectivity index (χ4v) is 4.91. The zero-order valence-corrected chi connectivity index (χ0v) is 17.0. The van der Waals surface area contributed by atoms with E-state index in [-0.39, 0.29) is 5.91 Å². The number of thiophene rings is 1. The summed E-state index contributed by atoms with van der Waals surface area (Å²) in [6, 6.07) is 12.4. The van der Waals surface area contributed by atoms with E-state index >= 15 is 0 Å². The van der Waals surface area contributed by atoms with Gasteiger partial charge in [0.25, 0.3) is 0 Å². The van der Waals surface area contributed by atoms with Gasteiger partial charge in [0.1, 0.15) is 0 Å². The number of hydrogen-bond acceptors (Lipinski definition) is 4. The Morgan fingerprint density at radius 3 is 2.89 bits per heavy atom. The molecule has 0 atom stereocenters.